The van der Waals surface area contributed by atoms with E-state index in [1.54, 1.807) is 0 Å². The quantitative estimate of drug-likeness (QED) is 0.0751. The Hall–Kier alpha value is -3.68. The van der Waals surface area contributed by atoms with E-state index in [0.717, 1.165) is 0 Å². The van der Waals surface area contributed by atoms with Crippen molar-refractivity contribution < 1.29 is 24.3 Å². The summed E-state index contributed by atoms with van der Waals surface area (Å²) in [5.41, 5.74) is 17.2. The first kappa shape index (κ1) is 28.4. The van der Waals surface area contributed by atoms with Gasteiger partial charge < -0.3 is 43.2 Å². The molecule has 0 fully saturated rings. The first-order valence-electron chi connectivity index (χ1n) is 10.9. The first-order chi connectivity index (χ1) is 16.0. The third-order valence-corrected chi connectivity index (χ3v) is 4.67. The summed E-state index contributed by atoms with van der Waals surface area (Å²) >= 11 is 0. The molecule has 190 valence electrons. The molecule has 1 heterocycles. The number of aromatic amines is 1. The zero-order valence-electron chi connectivity index (χ0n) is 19.4. The van der Waals surface area contributed by atoms with Crippen LogP contribution in [0, 0.1) is 5.92 Å². The molecular weight excluding hydrogens is 446 g/mol. The van der Waals surface area contributed by atoms with Crippen molar-refractivity contribution in [2.75, 3.05) is 13.1 Å². The maximum atomic E-state index is 12.7. The van der Waals surface area contributed by atoms with Crippen LogP contribution in [0.3, 0.4) is 0 Å². The molecule has 0 aromatic carbocycles. The number of H-pyrrole nitrogens is 1. The van der Waals surface area contributed by atoms with E-state index in [2.05, 4.69) is 30.9 Å². The van der Waals surface area contributed by atoms with Crippen LogP contribution < -0.4 is 33.2 Å². The standard InChI is InChI=1S/C20H35N9O5/c1-11(2)6-15(19(33)34)28-16(30)9-26-18(32)14(4-3-5-25-20(22)23)29-17(31)13(21)7-12-8-24-10-27-12/h8,10-11,13-15H,3-7,9,21H2,1-2H3,(H,24,27)(H,26,32)(H,28,30)(H,29,31)(H,33,34)(H4,22,23,25). The lowest BCUT2D eigenvalue weighted by Gasteiger charge is -2.21. The highest BCUT2D eigenvalue weighted by Crippen LogP contribution is 2.05. The van der Waals surface area contributed by atoms with Gasteiger partial charge in [-0.15, -0.1) is 0 Å². The second-order valence-electron chi connectivity index (χ2n) is 8.20. The number of nitrogens with one attached hydrogen (secondary N) is 4. The average Bonchev–Trinajstić information content (AvgIpc) is 3.25. The molecule has 3 atom stereocenters. The summed E-state index contributed by atoms with van der Waals surface area (Å²) in [6, 6.07) is -3.02. The van der Waals surface area contributed by atoms with Gasteiger partial charge in [0.15, 0.2) is 5.96 Å². The second kappa shape index (κ2) is 14.5. The fraction of sp³-hybridized carbons (Fsp3) is 0.600. The number of carboxylic acid groups (broad SMARTS) is 1. The summed E-state index contributed by atoms with van der Waals surface area (Å²) in [5, 5.41) is 16.6. The number of imidazole rings is 1. The largest absolute Gasteiger partial charge is 0.480 e. The molecule has 3 amide bonds. The molecule has 0 aliphatic rings. The van der Waals surface area contributed by atoms with Crippen LogP contribution in [0.15, 0.2) is 17.5 Å². The lowest BCUT2D eigenvalue weighted by Crippen LogP contribution is -2.54. The summed E-state index contributed by atoms with van der Waals surface area (Å²) in [6.07, 6.45) is 3.97. The highest BCUT2D eigenvalue weighted by Gasteiger charge is 2.25. The molecule has 1 rings (SSSR count). The Balaban J connectivity index is 2.71. The number of carbonyl (C=O) groups excluding carboxylic acids is 3. The number of amides is 3. The molecule has 14 heteroatoms. The van der Waals surface area contributed by atoms with Crippen LogP contribution in [-0.2, 0) is 25.6 Å². The van der Waals surface area contributed by atoms with Crippen molar-refractivity contribution in [2.45, 2.75) is 57.7 Å². The summed E-state index contributed by atoms with van der Waals surface area (Å²) in [4.78, 5) is 59.2. The number of nitrogens with two attached hydrogens (primary N) is 3. The molecule has 0 aliphatic heterocycles. The molecule has 0 saturated heterocycles. The van der Waals surface area contributed by atoms with Gasteiger partial charge >= 0.3 is 5.97 Å². The van der Waals surface area contributed by atoms with Crippen molar-refractivity contribution in [1.29, 1.82) is 0 Å². The number of aromatic nitrogens is 2. The molecule has 0 spiro atoms. The Labute approximate surface area is 197 Å². The Morgan fingerprint density at radius 2 is 1.85 bits per heavy atom. The van der Waals surface area contributed by atoms with Crippen LogP contribution in [0.4, 0.5) is 0 Å². The smallest absolute Gasteiger partial charge is 0.326 e. The van der Waals surface area contributed by atoms with Crippen molar-refractivity contribution >= 4 is 29.7 Å². The minimum Gasteiger partial charge on any atom is -0.480 e. The maximum Gasteiger partial charge on any atom is 0.326 e. The third kappa shape index (κ3) is 11.3. The lowest BCUT2D eigenvalue weighted by atomic mass is 10.0. The Morgan fingerprint density at radius 1 is 1.15 bits per heavy atom. The minimum absolute atomic E-state index is 0.0479. The van der Waals surface area contributed by atoms with Crippen LogP contribution in [-0.4, -0.2) is 75.9 Å². The average molecular weight is 482 g/mol. The predicted molar refractivity (Wildman–Crippen MR) is 124 cm³/mol. The van der Waals surface area contributed by atoms with E-state index in [1.807, 2.05) is 13.8 Å². The molecule has 1 aromatic heterocycles. The monoisotopic (exact) mass is 481 g/mol. The van der Waals surface area contributed by atoms with E-state index >= 15 is 0 Å². The van der Waals surface area contributed by atoms with Gasteiger partial charge in [-0.3, -0.25) is 19.4 Å². The van der Waals surface area contributed by atoms with Crippen molar-refractivity contribution in [3.8, 4) is 0 Å². The highest BCUT2D eigenvalue weighted by atomic mass is 16.4. The van der Waals surface area contributed by atoms with Gasteiger partial charge in [0.05, 0.1) is 18.9 Å². The lowest BCUT2D eigenvalue weighted by molar-refractivity contribution is -0.142. The number of carbonyl (C=O) groups is 4. The van der Waals surface area contributed by atoms with Crippen molar-refractivity contribution in [3.63, 3.8) is 0 Å². The van der Waals surface area contributed by atoms with E-state index < -0.39 is 48.4 Å². The van der Waals surface area contributed by atoms with Gasteiger partial charge in [0.1, 0.15) is 12.1 Å². The van der Waals surface area contributed by atoms with Gasteiger partial charge in [-0.25, -0.2) is 9.78 Å². The Kier molecular flexibility index (Phi) is 12.1. The van der Waals surface area contributed by atoms with E-state index in [9.17, 15) is 24.3 Å². The third-order valence-electron chi connectivity index (χ3n) is 4.67. The SMILES string of the molecule is CC(C)CC(NC(=O)CNC(=O)C(CCCN=C(N)N)NC(=O)C(N)Cc1cnc[nH]1)C(=O)O. The first-order valence-corrected chi connectivity index (χ1v) is 10.9. The van der Waals surface area contributed by atoms with E-state index in [0.29, 0.717) is 12.1 Å². The zero-order valence-corrected chi connectivity index (χ0v) is 19.4. The predicted octanol–water partition coefficient (Wildman–Crippen LogP) is -2.45. The molecule has 0 saturated carbocycles. The van der Waals surface area contributed by atoms with Gasteiger partial charge in [0, 0.05) is 24.9 Å². The molecule has 0 bridgehead atoms. The molecule has 11 N–H and O–H groups in total. The fourth-order valence-electron chi connectivity index (χ4n) is 3.01. The summed E-state index contributed by atoms with van der Waals surface area (Å²) < 4.78 is 0. The Bertz CT molecular complexity index is 837. The molecule has 3 unspecified atom stereocenters. The molecular formula is C20H35N9O5. The molecule has 0 aliphatic carbocycles. The minimum atomic E-state index is -1.16. The number of hydrogen-bond acceptors (Lipinski definition) is 7. The number of nitrogens with zero attached hydrogens (tertiary/aromatic N) is 2. The number of hydrogen-bond donors (Lipinski definition) is 8. The van der Waals surface area contributed by atoms with Gasteiger partial charge in [-0.05, 0) is 25.2 Å². The van der Waals surface area contributed by atoms with Crippen LogP contribution >= 0.6 is 0 Å². The topological polar surface area (TPSA) is 244 Å². The van der Waals surface area contributed by atoms with Crippen LogP contribution in [0.25, 0.3) is 0 Å². The van der Waals surface area contributed by atoms with Crippen molar-refractivity contribution in [2.24, 2.45) is 28.1 Å². The summed E-state index contributed by atoms with van der Waals surface area (Å²) in [5.74, 6) is -3.07. The van der Waals surface area contributed by atoms with E-state index in [4.69, 9.17) is 17.2 Å². The number of rotatable bonds is 15. The van der Waals surface area contributed by atoms with Crippen molar-refractivity contribution in [1.82, 2.24) is 25.9 Å². The normalized spacial score (nSPS) is 13.4. The van der Waals surface area contributed by atoms with Gasteiger partial charge in [0.2, 0.25) is 17.7 Å². The fourth-order valence-corrected chi connectivity index (χ4v) is 3.01. The van der Waals surface area contributed by atoms with Gasteiger partial charge in [-0.2, -0.15) is 0 Å². The second-order valence-corrected chi connectivity index (χ2v) is 8.20. The number of aliphatic carboxylic acids is 1. The van der Waals surface area contributed by atoms with Crippen LogP contribution in [0.2, 0.25) is 0 Å². The van der Waals surface area contributed by atoms with Crippen LogP contribution in [0.1, 0.15) is 38.8 Å². The van der Waals surface area contributed by atoms with E-state index in [1.165, 1.54) is 12.5 Å². The van der Waals surface area contributed by atoms with E-state index in [-0.39, 0.29) is 37.7 Å². The Morgan fingerprint density at radius 3 is 2.41 bits per heavy atom. The summed E-state index contributed by atoms with van der Waals surface area (Å²) in [7, 11) is 0. The van der Waals surface area contributed by atoms with Gasteiger partial charge in [0.25, 0.3) is 0 Å². The number of carboxylic acids is 1. The molecule has 34 heavy (non-hydrogen) atoms. The van der Waals surface area contributed by atoms with Gasteiger partial charge in [-0.1, -0.05) is 13.8 Å². The maximum absolute atomic E-state index is 12.7. The van der Waals surface area contributed by atoms with Crippen LogP contribution in [0.5, 0.6) is 0 Å². The molecule has 14 nitrogen and oxygen atoms in total. The highest BCUT2D eigenvalue weighted by molar-refractivity contribution is 5.92. The number of guanidine groups is 1. The molecule has 1 aromatic rings. The zero-order chi connectivity index (χ0) is 25.7. The van der Waals surface area contributed by atoms with Crippen molar-refractivity contribution in [3.05, 3.63) is 18.2 Å². The molecule has 0 radical (unpaired) electrons. The summed E-state index contributed by atoms with van der Waals surface area (Å²) in [6.45, 7) is 3.44. The number of aliphatic imine (C=N–C) groups is 1.